The van der Waals surface area contributed by atoms with Crippen LogP contribution >= 0.6 is 0 Å². The van der Waals surface area contributed by atoms with Crippen LogP contribution in [0.3, 0.4) is 0 Å². The first-order valence-corrected chi connectivity index (χ1v) is 7.58. The Labute approximate surface area is 144 Å². The summed E-state index contributed by atoms with van der Waals surface area (Å²) in [6.45, 7) is 2.35. The molecule has 0 aromatic carbocycles. The van der Waals surface area contributed by atoms with Gasteiger partial charge in [-0.3, -0.25) is 24.0 Å². The summed E-state index contributed by atoms with van der Waals surface area (Å²) in [6, 6.07) is -2.03. The van der Waals surface area contributed by atoms with E-state index in [4.69, 9.17) is 15.9 Å². The molecule has 2 unspecified atom stereocenters. The summed E-state index contributed by atoms with van der Waals surface area (Å²) in [6.07, 6.45) is -0.637. The highest BCUT2D eigenvalue weighted by Crippen LogP contribution is 1.99. The van der Waals surface area contributed by atoms with Gasteiger partial charge in [0.25, 0.3) is 0 Å². The second-order valence-electron chi connectivity index (χ2n) is 5.65. The Hall–Kier alpha value is -2.69. The smallest absolute Gasteiger partial charge is 0.322 e. The van der Waals surface area contributed by atoms with Crippen molar-refractivity contribution in [1.29, 1.82) is 0 Å². The fourth-order valence-corrected chi connectivity index (χ4v) is 1.66. The lowest BCUT2D eigenvalue weighted by Crippen LogP contribution is -2.52. The first-order valence-electron chi connectivity index (χ1n) is 7.58. The number of carboxylic acid groups (broad SMARTS) is 2. The molecule has 7 N–H and O–H groups in total. The molecule has 11 heteroatoms. The molecule has 0 saturated heterocycles. The number of hydrogen-bond acceptors (Lipinski definition) is 6. The van der Waals surface area contributed by atoms with Crippen LogP contribution in [0.15, 0.2) is 0 Å². The lowest BCUT2D eigenvalue weighted by atomic mass is 10.1. The second kappa shape index (κ2) is 11.0. The van der Waals surface area contributed by atoms with Crippen molar-refractivity contribution >= 4 is 29.7 Å². The molecule has 0 aliphatic rings. The molecule has 11 nitrogen and oxygen atoms in total. The van der Waals surface area contributed by atoms with Crippen molar-refractivity contribution in [2.24, 2.45) is 11.7 Å². The summed E-state index contributed by atoms with van der Waals surface area (Å²) in [5.74, 6) is -4.70. The van der Waals surface area contributed by atoms with Gasteiger partial charge in [-0.2, -0.15) is 0 Å². The number of rotatable bonds is 11. The van der Waals surface area contributed by atoms with Gasteiger partial charge in [-0.25, -0.2) is 0 Å². The van der Waals surface area contributed by atoms with Crippen LogP contribution in [0.4, 0.5) is 0 Å². The maximum atomic E-state index is 11.8. The molecule has 0 radical (unpaired) electrons. The van der Waals surface area contributed by atoms with Gasteiger partial charge in [0.05, 0.1) is 12.6 Å². The Morgan fingerprint density at radius 3 is 1.96 bits per heavy atom. The molecule has 0 spiro atoms. The topological polar surface area (TPSA) is 188 Å². The summed E-state index contributed by atoms with van der Waals surface area (Å²) in [4.78, 5) is 56.4. The molecule has 0 aliphatic heterocycles. The van der Waals surface area contributed by atoms with Crippen molar-refractivity contribution in [3.8, 4) is 0 Å². The molecular weight excluding hydrogens is 336 g/mol. The zero-order valence-electron chi connectivity index (χ0n) is 14.1. The Bertz CT molecular complexity index is 521. The van der Waals surface area contributed by atoms with Gasteiger partial charge in [0, 0.05) is 6.42 Å². The predicted molar refractivity (Wildman–Crippen MR) is 85.3 cm³/mol. The summed E-state index contributed by atoms with van der Waals surface area (Å²) in [7, 11) is 0. The van der Waals surface area contributed by atoms with Crippen molar-refractivity contribution in [2.45, 2.75) is 38.8 Å². The number of aliphatic carboxylic acids is 2. The second-order valence-corrected chi connectivity index (χ2v) is 5.65. The van der Waals surface area contributed by atoms with E-state index in [1.165, 1.54) is 0 Å². The molecule has 0 heterocycles. The molecule has 0 fully saturated rings. The van der Waals surface area contributed by atoms with E-state index in [1.807, 2.05) is 0 Å². The molecule has 0 saturated carbocycles. The Kier molecular flexibility index (Phi) is 9.79. The number of carbonyl (C=O) groups is 5. The summed E-state index contributed by atoms with van der Waals surface area (Å²) >= 11 is 0. The van der Waals surface area contributed by atoms with E-state index >= 15 is 0 Å². The number of carboxylic acids is 2. The SMILES string of the molecule is CC(C)C(N)C(=O)NCC(=O)NC(CCC(=O)O)C(=O)NCC(=O)O. The van der Waals surface area contributed by atoms with Crippen LogP contribution in [0.5, 0.6) is 0 Å². The van der Waals surface area contributed by atoms with E-state index in [1.54, 1.807) is 13.8 Å². The largest absolute Gasteiger partial charge is 0.481 e. The molecule has 0 rings (SSSR count). The van der Waals surface area contributed by atoms with Crippen molar-refractivity contribution < 1.29 is 34.2 Å². The van der Waals surface area contributed by atoms with E-state index in [0.29, 0.717) is 0 Å². The first-order chi connectivity index (χ1) is 11.5. The molecule has 2 atom stereocenters. The predicted octanol–water partition coefficient (Wildman–Crippen LogP) is -2.36. The number of nitrogens with one attached hydrogen (secondary N) is 3. The standard InChI is InChI=1S/C14H24N4O7/c1-7(2)12(15)14(25)16-5-9(19)18-8(3-4-10(20)21)13(24)17-6-11(22)23/h7-8,12H,3-6,15H2,1-2H3,(H,16,25)(H,17,24)(H,18,19)(H,20,21)(H,22,23). The minimum Gasteiger partial charge on any atom is -0.481 e. The van der Waals surface area contributed by atoms with Gasteiger partial charge >= 0.3 is 11.9 Å². The highest BCUT2D eigenvalue weighted by atomic mass is 16.4. The van der Waals surface area contributed by atoms with E-state index in [0.717, 1.165) is 0 Å². The minimum atomic E-state index is -1.29. The third kappa shape index (κ3) is 9.91. The normalized spacial score (nSPS) is 12.8. The van der Waals surface area contributed by atoms with Gasteiger partial charge in [0.1, 0.15) is 12.6 Å². The van der Waals surface area contributed by atoms with Gasteiger partial charge < -0.3 is 31.9 Å². The first kappa shape index (κ1) is 22.3. The van der Waals surface area contributed by atoms with Crippen LogP contribution in [0.1, 0.15) is 26.7 Å². The molecule has 0 bridgehead atoms. The van der Waals surface area contributed by atoms with Gasteiger partial charge in [0.2, 0.25) is 17.7 Å². The summed E-state index contributed by atoms with van der Waals surface area (Å²) in [5, 5.41) is 23.8. The molecule has 0 aromatic heterocycles. The number of amides is 3. The van der Waals surface area contributed by atoms with E-state index in [2.05, 4.69) is 16.0 Å². The van der Waals surface area contributed by atoms with Crippen LogP contribution in [-0.4, -0.2) is 65.0 Å². The van der Waals surface area contributed by atoms with Gasteiger partial charge in [-0.15, -0.1) is 0 Å². The monoisotopic (exact) mass is 360 g/mol. The molecule has 0 aromatic rings. The highest BCUT2D eigenvalue weighted by Gasteiger charge is 2.23. The third-order valence-corrected chi connectivity index (χ3v) is 3.16. The van der Waals surface area contributed by atoms with Crippen molar-refractivity contribution in [3.05, 3.63) is 0 Å². The Morgan fingerprint density at radius 1 is 0.920 bits per heavy atom. The van der Waals surface area contributed by atoms with E-state index in [9.17, 15) is 24.0 Å². The fourth-order valence-electron chi connectivity index (χ4n) is 1.66. The van der Waals surface area contributed by atoms with Crippen LogP contribution in [0, 0.1) is 5.92 Å². The maximum Gasteiger partial charge on any atom is 0.322 e. The molecule has 142 valence electrons. The zero-order valence-corrected chi connectivity index (χ0v) is 14.1. The zero-order chi connectivity index (χ0) is 19.6. The third-order valence-electron chi connectivity index (χ3n) is 3.16. The lowest BCUT2D eigenvalue weighted by Gasteiger charge is -2.18. The molecular formula is C14H24N4O7. The van der Waals surface area contributed by atoms with E-state index < -0.39 is 61.3 Å². The number of hydrogen-bond donors (Lipinski definition) is 6. The summed E-state index contributed by atoms with van der Waals surface area (Å²) < 4.78 is 0. The molecule has 3 amide bonds. The highest BCUT2D eigenvalue weighted by molar-refractivity contribution is 5.92. The van der Waals surface area contributed by atoms with Crippen LogP contribution in [-0.2, 0) is 24.0 Å². The van der Waals surface area contributed by atoms with Crippen molar-refractivity contribution in [2.75, 3.05) is 13.1 Å². The average Bonchev–Trinajstić information content (AvgIpc) is 2.52. The van der Waals surface area contributed by atoms with Crippen LogP contribution < -0.4 is 21.7 Å². The maximum absolute atomic E-state index is 11.8. The van der Waals surface area contributed by atoms with E-state index in [-0.39, 0.29) is 12.3 Å². The number of nitrogens with two attached hydrogens (primary N) is 1. The van der Waals surface area contributed by atoms with Gasteiger partial charge in [0.15, 0.2) is 0 Å². The fraction of sp³-hybridized carbons (Fsp3) is 0.643. The van der Waals surface area contributed by atoms with Crippen molar-refractivity contribution in [1.82, 2.24) is 16.0 Å². The molecule has 0 aliphatic carbocycles. The Morgan fingerprint density at radius 2 is 1.48 bits per heavy atom. The minimum absolute atomic E-state index is 0.131. The quantitative estimate of drug-likeness (QED) is 0.236. The average molecular weight is 360 g/mol. The Balaban J connectivity index is 4.63. The van der Waals surface area contributed by atoms with Crippen LogP contribution in [0.25, 0.3) is 0 Å². The number of carbonyl (C=O) groups excluding carboxylic acids is 3. The van der Waals surface area contributed by atoms with Gasteiger partial charge in [-0.05, 0) is 12.3 Å². The lowest BCUT2D eigenvalue weighted by molar-refractivity contribution is -0.140. The molecule has 25 heavy (non-hydrogen) atoms. The van der Waals surface area contributed by atoms with Crippen LogP contribution in [0.2, 0.25) is 0 Å². The van der Waals surface area contributed by atoms with Gasteiger partial charge in [-0.1, -0.05) is 13.8 Å². The summed E-state index contributed by atoms with van der Waals surface area (Å²) in [5.41, 5.74) is 5.62. The van der Waals surface area contributed by atoms with Crippen molar-refractivity contribution in [3.63, 3.8) is 0 Å².